The molecule has 3 aromatic rings. The second kappa shape index (κ2) is 11.0. The molecule has 1 amide bonds. The summed E-state index contributed by atoms with van der Waals surface area (Å²) >= 11 is 1.58. The van der Waals surface area contributed by atoms with Crippen molar-refractivity contribution >= 4 is 29.3 Å². The number of aryl methyl sites for hydroxylation is 1. The molecule has 0 aliphatic rings. The number of thioether (sulfide) groups is 1. The largest absolute Gasteiger partial charge is 0.346 e. The van der Waals surface area contributed by atoms with Crippen molar-refractivity contribution in [3.05, 3.63) is 82.8 Å². The number of nitrogens with one attached hydrogen (secondary N) is 1. The standard InChI is InChI=1S/C26H30N4OS/c1-6-18(3)15-24-23(17-28-30(24)21-13-11-19(4)12-14-21)22(7-2)26(31)27-16-20-9-8-10-25(29-20)32-5/h7-15,17H,6,16H2,1-5H3,(H,27,31)/b18-15+,22-7+. The summed E-state index contributed by atoms with van der Waals surface area (Å²) in [5.41, 5.74) is 6.51. The molecule has 32 heavy (non-hydrogen) atoms. The Balaban J connectivity index is 1.93. The zero-order valence-corrected chi connectivity index (χ0v) is 20.2. The SMILES string of the molecule is C/C=C(/C(=O)NCc1cccc(SC)n1)c1cnn(-c2ccc(C)cc2)c1/C=C(\C)CC. The monoisotopic (exact) mass is 446 g/mol. The molecule has 0 aliphatic carbocycles. The summed E-state index contributed by atoms with van der Waals surface area (Å²) in [6.07, 6.45) is 8.64. The zero-order chi connectivity index (χ0) is 23.1. The molecule has 1 aromatic carbocycles. The quantitative estimate of drug-likeness (QED) is 0.349. The van der Waals surface area contributed by atoms with Crippen molar-refractivity contribution in [3.8, 4) is 5.69 Å². The molecule has 166 valence electrons. The van der Waals surface area contributed by atoms with Crippen molar-refractivity contribution in [3.63, 3.8) is 0 Å². The third kappa shape index (κ3) is 5.56. The highest BCUT2D eigenvalue weighted by molar-refractivity contribution is 7.98. The number of rotatable bonds is 8. The van der Waals surface area contributed by atoms with Gasteiger partial charge in [-0.25, -0.2) is 9.67 Å². The first-order chi connectivity index (χ1) is 15.5. The van der Waals surface area contributed by atoms with Gasteiger partial charge in [0.05, 0.1) is 34.8 Å². The molecule has 0 saturated heterocycles. The molecule has 0 saturated carbocycles. The highest BCUT2D eigenvalue weighted by Gasteiger charge is 2.19. The van der Waals surface area contributed by atoms with Crippen LogP contribution in [0.4, 0.5) is 0 Å². The molecule has 0 atom stereocenters. The third-order valence-electron chi connectivity index (χ3n) is 5.27. The Morgan fingerprint density at radius 2 is 1.94 bits per heavy atom. The van der Waals surface area contributed by atoms with Gasteiger partial charge < -0.3 is 5.32 Å². The Kier molecular flexibility index (Phi) is 8.06. The van der Waals surface area contributed by atoms with Gasteiger partial charge in [0, 0.05) is 11.1 Å². The van der Waals surface area contributed by atoms with Crippen LogP contribution >= 0.6 is 11.8 Å². The fourth-order valence-electron chi connectivity index (χ4n) is 3.28. The van der Waals surface area contributed by atoms with Crippen molar-refractivity contribution in [2.75, 3.05) is 6.26 Å². The fraction of sp³-hybridized carbons (Fsp3) is 0.269. The average Bonchev–Trinajstić information content (AvgIpc) is 3.21. The number of amides is 1. The van der Waals surface area contributed by atoms with Gasteiger partial charge in [-0.15, -0.1) is 11.8 Å². The topological polar surface area (TPSA) is 59.8 Å². The van der Waals surface area contributed by atoms with Gasteiger partial charge >= 0.3 is 0 Å². The van der Waals surface area contributed by atoms with Crippen LogP contribution in [-0.2, 0) is 11.3 Å². The van der Waals surface area contributed by atoms with E-state index >= 15 is 0 Å². The molecule has 2 heterocycles. The third-order valence-corrected chi connectivity index (χ3v) is 5.92. The first kappa shape index (κ1) is 23.5. The van der Waals surface area contributed by atoms with E-state index in [9.17, 15) is 4.79 Å². The van der Waals surface area contributed by atoms with Crippen LogP contribution in [0.15, 0.2) is 65.3 Å². The number of aromatic nitrogens is 3. The second-order valence-corrected chi connectivity index (χ2v) is 8.42. The number of hydrogen-bond acceptors (Lipinski definition) is 4. The number of benzene rings is 1. The number of hydrogen-bond donors (Lipinski definition) is 1. The predicted octanol–water partition coefficient (Wildman–Crippen LogP) is 5.83. The van der Waals surface area contributed by atoms with Gasteiger partial charge in [0.2, 0.25) is 0 Å². The highest BCUT2D eigenvalue weighted by Crippen LogP contribution is 2.25. The second-order valence-electron chi connectivity index (χ2n) is 7.59. The van der Waals surface area contributed by atoms with Gasteiger partial charge in [-0.2, -0.15) is 5.10 Å². The maximum atomic E-state index is 13.1. The van der Waals surface area contributed by atoms with Gasteiger partial charge in [0.1, 0.15) is 0 Å². The molecule has 1 N–H and O–H groups in total. The molecular weight excluding hydrogens is 416 g/mol. The van der Waals surface area contributed by atoms with Crippen LogP contribution in [0, 0.1) is 6.92 Å². The Morgan fingerprint density at radius 1 is 1.19 bits per heavy atom. The van der Waals surface area contributed by atoms with Gasteiger partial charge in [-0.05, 0) is 63.8 Å². The maximum Gasteiger partial charge on any atom is 0.252 e. The minimum atomic E-state index is -0.142. The molecule has 2 aromatic heterocycles. The van der Waals surface area contributed by atoms with Crippen LogP contribution in [0.25, 0.3) is 17.3 Å². The van der Waals surface area contributed by atoms with E-state index in [1.165, 1.54) is 11.1 Å². The number of allylic oxidation sites excluding steroid dienone is 2. The van der Waals surface area contributed by atoms with Crippen LogP contribution in [0.1, 0.15) is 49.7 Å². The molecule has 0 aliphatic heterocycles. The minimum Gasteiger partial charge on any atom is -0.346 e. The smallest absolute Gasteiger partial charge is 0.252 e. The molecule has 0 spiro atoms. The van der Waals surface area contributed by atoms with Crippen LogP contribution < -0.4 is 5.32 Å². The number of carbonyl (C=O) groups excluding carboxylic acids is 1. The van der Waals surface area contributed by atoms with Crippen molar-refractivity contribution in [1.29, 1.82) is 0 Å². The average molecular weight is 447 g/mol. The van der Waals surface area contributed by atoms with Crippen molar-refractivity contribution < 1.29 is 4.79 Å². The van der Waals surface area contributed by atoms with E-state index in [1.54, 1.807) is 18.0 Å². The summed E-state index contributed by atoms with van der Waals surface area (Å²) in [7, 11) is 0. The van der Waals surface area contributed by atoms with Gasteiger partial charge in [0.15, 0.2) is 0 Å². The molecule has 6 heteroatoms. The molecule has 5 nitrogen and oxygen atoms in total. The van der Waals surface area contributed by atoms with Gasteiger partial charge in [0.25, 0.3) is 5.91 Å². The Bertz CT molecular complexity index is 1140. The van der Waals surface area contributed by atoms with Crippen LogP contribution in [0.5, 0.6) is 0 Å². The molecular formula is C26H30N4OS. The molecule has 0 bridgehead atoms. The zero-order valence-electron chi connectivity index (χ0n) is 19.3. The van der Waals surface area contributed by atoms with Crippen molar-refractivity contribution in [1.82, 2.24) is 20.1 Å². The van der Waals surface area contributed by atoms with E-state index in [-0.39, 0.29) is 5.91 Å². The summed E-state index contributed by atoms with van der Waals surface area (Å²) < 4.78 is 1.90. The lowest BCUT2D eigenvalue weighted by Crippen LogP contribution is -2.24. The number of pyridine rings is 1. The van der Waals surface area contributed by atoms with Crippen molar-refractivity contribution in [2.24, 2.45) is 0 Å². The highest BCUT2D eigenvalue weighted by atomic mass is 32.2. The van der Waals surface area contributed by atoms with E-state index < -0.39 is 0 Å². The van der Waals surface area contributed by atoms with Gasteiger partial charge in [-0.1, -0.05) is 42.3 Å². The summed E-state index contributed by atoms with van der Waals surface area (Å²) in [6.45, 7) is 8.53. The maximum absolute atomic E-state index is 13.1. The van der Waals surface area contributed by atoms with Crippen LogP contribution in [-0.4, -0.2) is 26.9 Å². The normalized spacial score (nSPS) is 12.2. The first-order valence-electron chi connectivity index (χ1n) is 10.7. The van der Waals surface area contributed by atoms with E-state index in [0.717, 1.165) is 34.1 Å². The van der Waals surface area contributed by atoms with E-state index in [2.05, 4.69) is 54.4 Å². The van der Waals surface area contributed by atoms with Crippen LogP contribution in [0.3, 0.4) is 0 Å². The van der Waals surface area contributed by atoms with Crippen molar-refractivity contribution in [2.45, 2.75) is 45.7 Å². The minimum absolute atomic E-state index is 0.142. The lowest BCUT2D eigenvalue weighted by molar-refractivity contribution is -0.115. The Morgan fingerprint density at radius 3 is 2.59 bits per heavy atom. The van der Waals surface area contributed by atoms with Crippen LogP contribution in [0.2, 0.25) is 0 Å². The number of nitrogens with zero attached hydrogens (tertiary/aromatic N) is 3. The summed E-state index contributed by atoms with van der Waals surface area (Å²) in [6, 6.07) is 14.1. The lowest BCUT2D eigenvalue weighted by Gasteiger charge is -2.11. The molecule has 0 unspecified atom stereocenters. The molecule has 3 rings (SSSR count). The van der Waals surface area contributed by atoms with E-state index in [0.29, 0.717) is 12.1 Å². The number of carbonyl (C=O) groups is 1. The van der Waals surface area contributed by atoms with Gasteiger partial charge in [-0.3, -0.25) is 4.79 Å². The summed E-state index contributed by atoms with van der Waals surface area (Å²) in [5.74, 6) is -0.142. The Labute approximate surface area is 194 Å². The molecule has 0 fully saturated rings. The summed E-state index contributed by atoms with van der Waals surface area (Å²) in [5, 5.41) is 8.58. The first-order valence-corrected chi connectivity index (χ1v) is 12.0. The fourth-order valence-corrected chi connectivity index (χ4v) is 3.70. The van der Waals surface area contributed by atoms with E-state index in [1.807, 2.05) is 54.3 Å². The predicted molar refractivity (Wildman–Crippen MR) is 134 cm³/mol. The van der Waals surface area contributed by atoms with E-state index in [4.69, 9.17) is 0 Å². The molecule has 0 radical (unpaired) electrons. The Hall–Kier alpha value is -3.12. The summed E-state index contributed by atoms with van der Waals surface area (Å²) in [4.78, 5) is 17.7. The lowest BCUT2D eigenvalue weighted by atomic mass is 10.0.